The van der Waals surface area contributed by atoms with Crippen LogP contribution in [-0.2, 0) is 14.6 Å². The van der Waals surface area contributed by atoms with Gasteiger partial charge in [-0.2, -0.15) is 0 Å². The number of sulfone groups is 1. The SMILES string of the molecule is CC(C(=O)NC(c1ccccc1)c1cccc(S(C)(=O)=O)c1)C1CNC1.Cl. The van der Waals surface area contributed by atoms with Gasteiger partial charge in [0.2, 0.25) is 5.91 Å². The summed E-state index contributed by atoms with van der Waals surface area (Å²) in [4.78, 5) is 13.0. The molecule has 1 heterocycles. The molecule has 146 valence electrons. The number of benzene rings is 2. The zero-order valence-electron chi connectivity index (χ0n) is 15.4. The number of nitrogens with one attached hydrogen (secondary N) is 2. The van der Waals surface area contributed by atoms with E-state index in [-0.39, 0.29) is 35.2 Å². The summed E-state index contributed by atoms with van der Waals surface area (Å²) in [5.41, 5.74) is 1.68. The number of halogens is 1. The Bertz CT molecular complexity index is 883. The second-order valence-electron chi connectivity index (χ2n) is 6.90. The highest BCUT2D eigenvalue weighted by atomic mass is 35.5. The maximum Gasteiger partial charge on any atom is 0.223 e. The molecule has 0 radical (unpaired) electrons. The van der Waals surface area contributed by atoms with Gasteiger partial charge in [0.1, 0.15) is 0 Å². The van der Waals surface area contributed by atoms with Crippen molar-refractivity contribution in [3.8, 4) is 0 Å². The van der Waals surface area contributed by atoms with Crippen molar-refractivity contribution in [1.29, 1.82) is 0 Å². The molecule has 2 atom stereocenters. The predicted octanol–water partition coefficient (Wildman–Crippen LogP) is 2.57. The van der Waals surface area contributed by atoms with E-state index in [9.17, 15) is 13.2 Å². The van der Waals surface area contributed by atoms with Crippen LogP contribution in [0, 0.1) is 11.8 Å². The summed E-state index contributed by atoms with van der Waals surface area (Å²) in [7, 11) is -3.32. The summed E-state index contributed by atoms with van der Waals surface area (Å²) in [5, 5.41) is 6.31. The third kappa shape index (κ3) is 5.09. The fourth-order valence-electron chi connectivity index (χ4n) is 3.08. The summed E-state index contributed by atoms with van der Waals surface area (Å²) in [6, 6.07) is 16.0. The number of carbonyl (C=O) groups excluding carboxylic acids is 1. The largest absolute Gasteiger partial charge is 0.345 e. The molecule has 0 spiro atoms. The van der Waals surface area contributed by atoms with Gasteiger partial charge in [0, 0.05) is 12.2 Å². The van der Waals surface area contributed by atoms with Gasteiger partial charge in [0.05, 0.1) is 10.9 Å². The zero-order valence-corrected chi connectivity index (χ0v) is 17.0. The Morgan fingerprint density at radius 2 is 1.70 bits per heavy atom. The van der Waals surface area contributed by atoms with Gasteiger partial charge in [-0.3, -0.25) is 4.79 Å². The molecule has 2 N–H and O–H groups in total. The average molecular weight is 409 g/mol. The zero-order chi connectivity index (χ0) is 18.7. The van der Waals surface area contributed by atoms with Crippen LogP contribution in [0.4, 0.5) is 0 Å². The first kappa shape index (κ1) is 21.4. The Labute approximate surface area is 166 Å². The van der Waals surface area contributed by atoms with E-state index in [4.69, 9.17) is 0 Å². The molecule has 3 rings (SSSR count). The Hall–Kier alpha value is -1.89. The number of carbonyl (C=O) groups is 1. The molecule has 1 aliphatic heterocycles. The molecule has 2 unspecified atom stereocenters. The smallest absolute Gasteiger partial charge is 0.223 e. The lowest BCUT2D eigenvalue weighted by molar-refractivity contribution is -0.127. The minimum atomic E-state index is -3.32. The molecule has 2 aromatic rings. The van der Waals surface area contributed by atoms with Crippen molar-refractivity contribution in [3.63, 3.8) is 0 Å². The first-order valence-electron chi connectivity index (χ1n) is 8.72. The lowest BCUT2D eigenvalue weighted by atomic mass is 9.87. The number of hydrogen-bond acceptors (Lipinski definition) is 4. The van der Waals surface area contributed by atoms with E-state index in [1.807, 2.05) is 43.3 Å². The topological polar surface area (TPSA) is 75.3 Å². The Kier molecular flexibility index (Phi) is 7.03. The van der Waals surface area contributed by atoms with Crippen LogP contribution in [0.3, 0.4) is 0 Å². The van der Waals surface area contributed by atoms with Crippen molar-refractivity contribution < 1.29 is 13.2 Å². The van der Waals surface area contributed by atoms with Crippen LogP contribution >= 0.6 is 12.4 Å². The van der Waals surface area contributed by atoms with Crippen molar-refractivity contribution in [2.24, 2.45) is 11.8 Å². The molecule has 0 aromatic heterocycles. The monoisotopic (exact) mass is 408 g/mol. The van der Waals surface area contributed by atoms with E-state index < -0.39 is 9.84 Å². The Morgan fingerprint density at radius 3 is 2.26 bits per heavy atom. The highest BCUT2D eigenvalue weighted by Gasteiger charge is 2.30. The van der Waals surface area contributed by atoms with Gasteiger partial charge < -0.3 is 10.6 Å². The molecule has 27 heavy (non-hydrogen) atoms. The van der Waals surface area contributed by atoms with Gasteiger partial charge in [0.25, 0.3) is 0 Å². The van der Waals surface area contributed by atoms with Gasteiger partial charge in [-0.1, -0.05) is 49.4 Å². The van der Waals surface area contributed by atoms with Crippen molar-refractivity contribution in [2.75, 3.05) is 19.3 Å². The van der Waals surface area contributed by atoms with Crippen LogP contribution in [0.15, 0.2) is 59.5 Å². The second-order valence-corrected chi connectivity index (χ2v) is 8.92. The van der Waals surface area contributed by atoms with Crippen molar-refractivity contribution in [3.05, 3.63) is 65.7 Å². The van der Waals surface area contributed by atoms with Crippen molar-refractivity contribution in [1.82, 2.24) is 10.6 Å². The molecule has 7 heteroatoms. The van der Waals surface area contributed by atoms with Gasteiger partial charge >= 0.3 is 0 Å². The second kappa shape index (κ2) is 8.87. The molecule has 1 aliphatic rings. The highest BCUT2D eigenvalue weighted by molar-refractivity contribution is 7.90. The highest BCUT2D eigenvalue weighted by Crippen LogP contribution is 2.26. The van der Waals surface area contributed by atoms with Gasteiger partial charge in [-0.25, -0.2) is 8.42 Å². The normalized spacial score (nSPS) is 16.5. The quantitative estimate of drug-likeness (QED) is 0.770. The standard InChI is InChI=1S/C20H24N2O3S.ClH/c1-14(17-12-21-13-17)20(23)22-19(15-7-4-3-5-8-15)16-9-6-10-18(11-16)26(2,24)25;/h3-11,14,17,19,21H,12-13H2,1-2H3,(H,22,23);1H. The fraction of sp³-hybridized carbons (Fsp3) is 0.350. The first-order valence-corrected chi connectivity index (χ1v) is 10.6. The van der Waals surface area contributed by atoms with Crippen LogP contribution in [-0.4, -0.2) is 33.7 Å². The van der Waals surface area contributed by atoms with Crippen LogP contribution in [0.1, 0.15) is 24.1 Å². The number of amides is 1. The molecule has 1 saturated heterocycles. The lowest BCUT2D eigenvalue weighted by Crippen LogP contribution is -2.50. The summed E-state index contributed by atoms with van der Waals surface area (Å²) in [6.07, 6.45) is 1.19. The van der Waals surface area contributed by atoms with E-state index in [1.165, 1.54) is 6.26 Å². The number of rotatable bonds is 6. The molecular weight excluding hydrogens is 384 g/mol. The lowest BCUT2D eigenvalue weighted by Gasteiger charge is -2.33. The van der Waals surface area contributed by atoms with Crippen molar-refractivity contribution >= 4 is 28.2 Å². The summed E-state index contributed by atoms with van der Waals surface area (Å²) in [6.45, 7) is 3.65. The molecule has 1 fully saturated rings. The average Bonchev–Trinajstić information content (AvgIpc) is 2.58. The van der Waals surface area contributed by atoms with Crippen molar-refractivity contribution in [2.45, 2.75) is 17.9 Å². The molecule has 0 bridgehead atoms. The molecule has 0 aliphatic carbocycles. The summed E-state index contributed by atoms with van der Waals surface area (Å²) < 4.78 is 23.8. The molecule has 2 aromatic carbocycles. The van der Waals surface area contributed by atoms with Gasteiger partial charge in [0.15, 0.2) is 9.84 Å². The molecule has 0 saturated carbocycles. The third-order valence-electron chi connectivity index (χ3n) is 4.97. The summed E-state index contributed by atoms with van der Waals surface area (Å²) >= 11 is 0. The molecular formula is C20H25ClN2O3S. The van der Waals surface area contributed by atoms with E-state index in [0.29, 0.717) is 5.92 Å². The maximum absolute atomic E-state index is 12.8. The van der Waals surface area contributed by atoms with E-state index in [2.05, 4.69) is 10.6 Å². The maximum atomic E-state index is 12.8. The first-order chi connectivity index (χ1) is 12.4. The van der Waals surface area contributed by atoms with E-state index in [0.717, 1.165) is 24.2 Å². The predicted molar refractivity (Wildman–Crippen MR) is 109 cm³/mol. The van der Waals surface area contributed by atoms with Crippen LogP contribution in [0.25, 0.3) is 0 Å². The Morgan fingerprint density at radius 1 is 1.07 bits per heavy atom. The van der Waals surface area contributed by atoms with Gasteiger partial charge in [-0.15, -0.1) is 12.4 Å². The Balaban J connectivity index is 0.00000261. The number of hydrogen-bond donors (Lipinski definition) is 2. The van der Waals surface area contributed by atoms with E-state index >= 15 is 0 Å². The molecule has 5 nitrogen and oxygen atoms in total. The van der Waals surface area contributed by atoms with Crippen LogP contribution < -0.4 is 10.6 Å². The van der Waals surface area contributed by atoms with Crippen LogP contribution in [0.5, 0.6) is 0 Å². The minimum absolute atomic E-state index is 0. The van der Waals surface area contributed by atoms with Crippen LogP contribution in [0.2, 0.25) is 0 Å². The third-order valence-corrected chi connectivity index (χ3v) is 6.08. The van der Waals surface area contributed by atoms with E-state index in [1.54, 1.807) is 18.2 Å². The van der Waals surface area contributed by atoms with Gasteiger partial charge in [-0.05, 0) is 42.3 Å². The minimum Gasteiger partial charge on any atom is -0.345 e. The molecule has 1 amide bonds. The summed E-state index contributed by atoms with van der Waals surface area (Å²) in [5.74, 6) is 0.226. The fourth-order valence-corrected chi connectivity index (χ4v) is 3.76.